The zero-order valence-corrected chi connectivity index (χ0v) is 13.2. The van der Waals surface area contributed by atoms with Gasteiger partial charge in [-0.1, -0.05) is 41.9 Å². The van der Waals surface area contributed by atoms with Crippen LogP contribution in [0.5, 0.6) is 5.75 Å². The maximum atomic E-state index is 12.3. The van der Waals surface area contributed by atoms with Crippen LogP contribution >= 0.6 is 11.6 Å². The molecule has 0 aliphatic heterocycles. The van der Waals surface area contributed by atoms with E-state index in [-0.39, 0.29) is 12.4 Å². The molecule has 0 aliphatic rings. The van der Waals surface area contributed by atoms with Crippen LogP contribution in [0, 0.1) is 0 Å². The third-order valence-electron chi connectivity index (χ3n) is 2.96. The molecule has 116 valence electrons. The first-order valence-corrected chi connectivity index (χ1v) is 8.37. The molecule has 2 rings (SSSR count). The number of hydrogen-bond donors (Lipinski definition) is 1. The van der Waals surface area contributed by atoms with Crippen LogP contribution in [0.4, 0.5) is 0 Å². The minimum Gasteiger partial charge on any atom is -0.493 e. The van der Waals surface area contributed by atoms with Gasteiger partial charge in [-0.15, -0.1) is 0 Å². The molecule has 0 radical (unpaired) electrons. The van der Waals surface area contributed by atoms with E-state index in [1.54, 1.807) is 54.6 Å². The highest BCUT2D eigenvalue weighted by Crippen LogP contribution is 2.21. The number of carbonyl (C=O) groups is 1. The van der Waals surface area contributed by atoms with Gasteiger partial charge in [-0.25, -0.2) is 0 Å². The summed E-state index contributed by atoms with van der Waals surface area (Å²) in [6.07, 6.45) is 0. The van der Waals surface area contributed by atoms with E-state index in [9.17, 15) is 14.1 Å². The molecule has 0 saturated carbocycles. The van der Waals surface area contributed by atoms with Crippen LogP contribution in [-0.2, 0) is 15.6 Å². The van der Waals surface area contributed by atoms with Crippen LogP contribution in [-0.4, -0.2) is 27.6 Å². The SMILES string of the molecule is O=C(O)C(c1ccccc1)S(=O)CCOc1ccc(Cl)cc1. The lowest BCUT2D eigenvalue weighted by atomic mass is 10.1. The molecule has 1 N–H and O–H groups in total. The van der Waals surface area contributed by atoms with Crippen molar-refractivity contribution in [2.75, 3.05) is 12.4 Å². The zero-order valence-electron chi connectivity index (χ0n) is 11.6. The smallest absolute Gasteiger partial charge is 0.323 e. The fourth-order valence-electron chi connectivity index (χ4n) is 1.92. The number of hydrogen-bond acceptors (Lipinski definition) is 3. The third kappa shape index (κ3) is 4.58. The predicted molar refractivity (Wildman–Crippen MR) is 86.8 cm³/mol. The Balaban J connectivity index is 1.94. The molecule has 22 heavy (non-hydrogen) atoms. The Bertz CT molecular complexity index is 643. The summed E-state index contributed by atoms with van der Waals surface area (Å²) in [5, 5.41) is 8.85. The van der Waals surface area contributed by atoms with Crippen molar-refractivity contribution in [3.05, 3.63) is 65.2 Å². The summed E-state index contributed by atoms with van der Waals surface area (Å²) >= 11 is 5.77. The molecule has 4 nitrogen and oxygen atoms in total. The Labute approximate surface area is 136 Å². The number of carboxylic acids is 1. The number of benzene rings is 2. The van der Waals surface area contributed by atoms with Crippen molar-refractivity contribution in [2.24, 2.45) is 0 Å². The fourth-order valence-corrected chi connectivity index (χ4v) is 3.22. The van der Waals surface area contributed by atoms with Gasteiger partial charge < -0.3 is 9.84 Å². The number of rotatable bonds is 7. The molecule has 2 unspecified atom stereocenters. The van der Waals surface area contributed by atoms with Crippen LogP contribution in [0.3, 0.4) is 0 Å². The first-order valence-electron chi connectivity index (χ1n) is 6.61. The van der Waals surface area contributed by atoms with Crippen molar-refractivity contribution in [2.45, 2.75) is 5.25 Å². The van der Waals surface area contributed by atoms with Crippen molar-refractivity contribution < 1.29 is 18.8 Å². The quantitative estimate of drug-likeness (QED) is 0.841. The summed E-state index contributed by atoms with van der Waals surface area (Å²) in [6, 6.07) is 15.4. The Morgan fingerprint density at radius 2 is 1.77 bits per heavy atom. The second-order valence-electron chi connectivity index (χ2n) is 4.52. The predicted octanol–water partition coefficient (Wildman–Crippen LogP) is 3.29. The highest BCUT2D eigenvalue weighted by Gasteiger charge is 2.26. The Morgan fingerprint density at radius 1 is 1.14 bits per heavy atom. The molecular formula is C16H15ClO4S. The molecule has 0 aromatic heterocycles. The van der Waals surface area contributed by atoms with E-state index in [0.717, 1.165) is 0 Å². The van der Waals surface area contributed by atoms with Crippen molar-refractivity contribution in [3.63, 3.8) is 0 Å². The van der Waals surface area contributed by atoms with Gasteiger partial charge in [0.1, 0.15) is 5.75 Å². The molecule has 0 spiro atoms. The molecule has 0 aliphatic carbocycles. The van der Waals surface area contributed by atoms with E-state index in [0.29, 0.717) is 16.3 Å². The molecule has 0 amide bonds. The lowest BCUT2D eigenvalue weighted by Crippen LogP contribution is -2.21. The van der Waals surface area contributed by atoms with E-state index >= 15 is 0 Å². The first-order chi connectivity index (χ1) is 10.6. The average Bonchev–Trinajstić information content (AvgIpc) is 2.50. The lowest BCUT2D eigenvalue weighted by Gasteiger charge is -2.13. The van der Waals surface area contributed by atoms with E-state index in [1.807, 2.05) is 0 Å². The van der Waals surface area contributed by atoms with E-state index < -0.39 is 22.0 Å². The topological polar surface area (TPSA) is 63.6 Å². The van der Waals surface area contributed by atoms with E-state index in [2.05, 4.69) is 0 Å². The molecule has 2 aromatic carbocycles. The number of carboxylic acid groups (broad SMARTS) is 1. The monoisotopic (exact) mass is 338 g/mol. The van der Waals surface area contributed by atoms with Gasteiger partial charge in [-0.05, 0) is 29.8 Å². The summed E-state index contributed by atoms with van der Waals surface area (Å²) in [6.45, 7) is 0.171. The van der Waals surface area contributed by atoms with Crippen molar-refractivity contribution >= 4 is 28.4 Å². The summed E-state index contributed by atoms with van der Waals surface area (Å²) in [7, 11) is -1.57. The number of aliphatic carboxylic acids is 1. The molecule has 2 atom stereocenters. The van der Waals surface area contributed by atoms with E-state index in [4.69, 9.17) is 16.3 Å². The standard InChI is InChI=1S/C16H15ClO4S/c17-13-6-8-14(9-7-13)21-10-11-22(20)15(16(18)19)12-4-2-1-3-5-12/h1-9,15H,10-11H2,(H,18,19). The number of ether oxygens (including phenoxy) is 1. The highest BCUT2D eigenvalue weighted by molar-refractivity contribution is 7.86. The summed E-state index contributed by atoms with van der Waals surface area (Å²) in [5.74, 6) is -0.363. The molecule has 2 aromatic rings. The van der Waals surface area contributed by atoms with Gasteiger partial charge in [0, 0.05) is 15.8 Å². The van der Waals surface area contributed by atoms with Crippen molar-refractivity contribution in [1.29, 1.82) is 0 Å². The second-order valence-corrected chi connectivity index (χ2v) is 6.59. The van der Waals surface area contributed by atoms with Gasteiger partial charge in [0.25, 0.3) is 0 Å². The van der Waals surface area contributed by atoms with Gasteiger partial charge in [0.05, 0.1) is 12.4 Å². The largest absolute Gasteiger partial charge is 0.493 e. The van der Waals surface area contributed by atoms with Crippen LogP contribution in [0.2, 0.25) is 5.02 Å². The minimum absolute atomic E-state index is 0.133. The second kappa shape index (κ2) is 7.96. The Hall–Kier alpha value is -1.85. The third-order valence-corrected chi connectivity index (χ3v) is 4.78. The Kier molecular flexibility index (Phi) is 5.98. The maximum Gasteiger partial charge on any atom is 0.323 e. The van der Waals surface area contributed by atoms with Crippen LogP contribution in [0.15, 0.2) is 54.6 Å². The molecule has 0 fully saturated rings. The molecule has 0 heterocycles. The summed E-state index contributed by atoms with van der Waals surface area (Å²) in [5.41, 5.74) is 0.528. The fraction of sp³-hybridized carbons (Fsp3) is 0.188. The molecule has 6 heteroatoms. The van der Waals surface area contributed by atoms with E-state index in [1.165, 1.54) is 0 Å². The van der Waals surface area contributed by atoms with Gasteiger partial charge in [-0.3, -0.25) is 9.00 Å². The van der Waals surface area contributed by atoms with Crippen LogP contribution < -0.4 is 4.74 Å². The average molecular weight is 339 g/mol. The van der Waals surface area contributed by atoms with Crippen LogP contribution in [0.25, 0.3) is 0 Å². The van der Waals surface area contributed by atoms with Gasteiger partial charge in [0.15, 0.2) is 5.25 Å². The summed E-state index contributed by atoms with van der Waals surface area (Å²) in [4.78, 5) is 11.4. The minimum atomic E-state index is -1.57. The summed E-state index contributed by atoms with van der Waals surface area (Å²) < 4.78 is 17.7. The molecule has 0 saturated heterocycles. The van der Waals surface area contributed by atoms with Crippen molar-refractivity contribution in [1.82, 2.24) is 0 Å². The van der Waals surface area contributed by atoms with Crippen molar-refractivity contribution in [3.8, 4) is 5.75 Å². The normalized spacial score (nSPS) is 13.3. The first kappa shape index (κ1) is 16.5. The molecule has 0 bridgehead atoms. The van der Waals surface area contributed by atoms with Gasteiger partial charge in [-0.2, -0.15) is 0 Å². The molecular weight excluding hydrogens is 324 g/mol. The highest BCUT2D eigenvalue weighted by atomic mass is 35.5. The maximum absolute atomic E-state index is 12.3. The van der Waals surface area contributed by atoms with Crippen LogP contribution in [0.1, 0.15) is 10.8 Å². The lowest BCUT2D eigenvalue weighted by molar-refractivity contribution is -0.136. The van der Waals surface area contributed by atoms with Gasteiger partial charge in [0.2, 0.25) is 0 Å². The number of halogens is 1. The Morgan fingerprint density at radius 3 is 2.36 bits per heavy atom. The zero-order chi connectivity index (χ0) is 15.9. The van der Waals surface area contributed by atoms with Gasteiger partial charge >= 0.3 is 5.97 Å².